The first-order valence-corrected chi connectivity index (χ1v) is 9.28. The second-order valence-electron chi connectivity index (χ2n) is 6.23. The van der Waals surface area contributed by atoms with Gasteiger partial charge in [0.2, 0.25) is 15.9 Å². The van der Waals surface area contributed by atoms with Gasteiger partial charge in [-0.2, -0.15) is 4.31 Å². The number of aryl methyl sites for hydroxylation is 1. The molecular weight excluding hydrogens is 300 g/mol. The third kappa shape index (κ3) is 3.17. The Morgan fingerprint density at radius 1 is 1.14 bits per heavy atom. The van der Waals surface area contributed by atoms with Crippen LogP contribution in [0.15, 0.2) is 29.2 Å². The minimum atomic E-state index is -3.45. The number of rotatable bonds is 4. The molecule has 1 saturated carbocycles. The molecule has 22 heavy (non-hydrogen) atoms. The lowest BCUT2D eigenvalue weighted by molar-refractivity contribution is -0.126. The van der Waals surface area contributed by atoms with Crippen molar-refractivity contribution in [1.29, 1.82) is 0 Å². The Labute approximate surface area is 131 Å². The molecular formula is C16H22N2O3S. The average molecular weight is 322 g/mol. The van der Waals surface area contributed by atoms with Crippen molar-refractivity contribution < 1.29 is 13.2 Å². The Hall–Kier alpha value is -1.40. The van der Waals surface area contributed by atoms with Gasteiger partial charge in [-0.1, -0.05) is 18.2 Å². The molecule has 1 aliphatic carbocycles. The first kappa shape index (κ1) is 15.5. The highest BCUT2D eigenvalue weighted by Crippen LogP contribution is 2.27. The van der Waals surface area contributed by atoms with E-state index in [2.05, 4.69) is 5.32 Å². The number of amides is 1. The summed E-state index contributed by atoms with van der Waals surface area (Å²) in [5.41, 5.74) is 0.760. The van der Waals surface area contributed by atoms with Crippen LogP contribution in [0.1, 0.15) is 31.2 Å². The Balaban J connectivity index is 1.65. The molecule has 1 aromatic rings. The fourth-order valence-corrected chi connectivity index (χ4v) is 4.59. The van der Waals surface area contributed by atoms with Crippen LogP contribution >= 0.6 is 0 Å². The fourth-order valence-electron chi connectivity index (χ4n) is 2.89. The van der Waals surface area contributed by atoms with Gasteiger partial charge in [0.05, 0.1) is 4.90 Å². The number of hydrogen-bond acceptors (Lipinski definition) is 3. The standard InChI is InChI=1S/C16H22N2O3S/c1-12-4-2-3-5-15(12)22(20,21)18-10-8-13(9-11-18)16(19)17-14-6-7-14/h2-5,13-14H,6-11H2,1H3,(H,17,19). The number of sulfonamides is 1. The second-order valence-corrected chi connectivity index (χ2v) is 8.13. The molecule has 6 heteroatoms. The first-order valence-electron chi connectivity index (χ1n) is 7.84. The highest BCUT2D eigenvalue weighted by atomic mass is 32.2. The summed E-state index contributed by atoms with van der Waals surface area (Å²) < 4.78 is 26.9. The third-order valence-corrected chi connectivity index (χ3v) is 6.52. The predicted molar refractivity (Wildman–Crippen MR) is 83.8 cm³/mol. The number of piperidine rings is 1. The van der Waals surface area contributed by atoms with Crippen LogP contribution in [-0.2, 0) is 14.8 Å². The van der Waals surface area contributed by atoms with E-state index in [9.17, 15) is 13.2 Å². The lowest BCUT2D eigenvalue weighted by atomic mass is 9.97. The normalized spacial score (nSPS) is 20.8. The van der Waals surface area contributed by atoms with Crippen molar-refractivity contribution in [2.45, 2.75) is 43.5 Å². The molecule has 0 aromatic heterocycles. The van der Waals surface area contributed by atoms with Gasteiger partial charge in [0.25, 0.3) is 0 Å². The molecule has 3 rings (SSSR count). The van der Waals surface area contributed by atoms with E-state index in [1.165, 1.54) is 4.31 Å². The van der Waals surface area contributed by atoms with E-state index in [0.717, 1.165) is 18.4 Å². The van der Waals surface area contributed by atoms with E-state index in [4.69, 9.17) is 0 Å². The minimum Gasteiger partial charge on any atom is -0.353 e. The van der Waals surface area contributed by atoms with Gasteiger partial charge in [-0.25, -0.2) is 8.42 Å². The molecule has 1 aliphatic heterocycles. The van der Waals surface area contributed by atoms with E-state index < -0.39 is 10.0 Å². The topological polar surface area (TPSA) is 66.5 Å². The SMILES string of the molecule is Cc1ccccc1S(=O)(=O)N1CCC(C(=O)NC2CC2)CC1. The van der Waals surface area contributed by atoms with Gasteiger partial charge >= 0.3 is 0 Å². The molecule has 2 fully saturated rings. The largest absolute Gasteiger partial charge is 0.353 e. The van der Waals surface area contributed by atoms with E-state index in [0.29, 0.717) is 36.9 Å². The molecule has 0 radical (unpaired) electrons. The Bertz CT molecular complexity index is 660. The molecule has 1 aromatic carbocycles. The number of nitrogens with one attached hydrogen (secondary N) is 1. The monoisotopic (exact) mass is 322 g/mol. The molecule has 1 amide bonds. The third-order valence-electron chi connectivity index (χ3n) is 4.46. The molecule has 0 atom stereocenters. The molecule has 0 spiro atoms. The predicted octanol–water partition coefficient (Wildman–Crippen LogP) is 1.67. The van der Waals surface area contributed by atoms with Gasteiger partial charge in [-0.05, 0) is 44.2 Å². The van der Waals surface area contributed by atoms with Crippen molar-refractivity contribution in [3.63, 3.8) is 0 Å². The van der Waals surface area contributed by atoms with Crippen molar-refractivity contribution in [2.75, 3.05) is 13.1 Å². The van der Waals surface area contributed by atoms with Crippen LogP contribution in [0.4, 0.5) is 0 Å². The molecule has 0 unspecified atom stereocenters. The quantitative estimate of drug-likeness (QED) is 0.917. The van der Waals surface area contributed by atoms with Crippen LogP contribution in [0.2, 0.25) is 0 Å². The van der Waals surface area contributed by atoms with Gasteiger partial charge in [-0.3, -0.25) is 4.79 Å². The van der Waals surface area contributed by atoms with Crippen molar-refractivity contribution in [3.8, 4) is 0 Å². The molecule has 0 bridgehead atoms. The van der Waals surface area contributed by atoms with Crippen molar-refractivity contribution in [1.82, 2.24) is 9.62 Å². The summed E-state index contributed by atoms with van der Waals surface area (Å²) in [4.78, 5) is 12.4. The highest BCUT2D eigenvalue weighted by Gasteiger charge is 2.34. The molecule has 1 N–H and O–H groups in total. The van der Waals surface area contributed by atoms with Crippen LogP contribution in [-0.4, -0.2) is 37.8 Å². The minimum absolute atomic E-state index is 0.0519. The number of hydrogen-bond donors (Lipinski definition) is 1. The Morgan fingerprint density at radius 2 is 1.77 bits per heavy atom. The lowest BCUT2D eigenvalue weighted by Crippen LogP contribution is -2.43. The van der Waals surface area contributed by atoms with Crippen molar-refractivity contribution in [2.24, 2.45) is 5.92 Å². The summed E-state index contributed by atoms with van der Waals surface area (Å²) in [5, 5.41) is 3.01. The molecule has 1 heterocycles. The Kier molecular flexibility index (Phi) is 4.23. The maximum Gasteiger partial charge on any atom is 0.243 e. The maximum atomic E-state index is 12.7. The lowest BCUT2D eigenvalue weighted by Gasteiger charge is -2.31. The summed E-state index contributed by atoms with van der Waals surface area (Å²) >= 11 is 0. The van der Waals surface area contributed by atoms with E-state index in [1.54, 1.807) is 12.1 Å². The van der Waals surface area contributed by atoms with Gasteiger partial charge in [0, 0.05) is 25.0 Å². The van der Waals surface area contributed by atoms with Crippen LogP contribution in [0.25, 0.3) is 0 Å². The van der Waals surface area contributed by atoms with Gasteiger partial charge in [-0.15, -0.1) is 0 Å². The zero-order valence-electron chi connectivity index (χ0n) is 12.8. The smallest absolute Gasteiger partial charge is 0.243 e. The van der Waals surface area contributed by atoms with Crippen LogP contribution in [0.3, 0.4) is 0 Å². The van der Waals surface area contributed by atoms with Crippen molar-refractivity contribution >= 4 is 15.9 Å². The zero-order chi connectivity index (χ0) is 15.7. The number of carbonyl (C=O) groups is 1. The van der Waals surface area contributed by atoms with Crippen LogP contribution < -0.4 is 5.32 Å². The van der Waals surface area contributed by atoms with E-state index in [-0.39, 0.29) is 11.8 Å². The summed E-state index contributed by atoms with van der Waals surface area (Å²) in [6, 6.07) is 7.40. The van der Waals surface area contributed by atoms with Crippen LogP contribution in [0.5, 0.6) is 0 Å². The van der Waals surface area contributed by atoms with Gasteiger partial charge < -0.3 is 5.32 Å². The first-order chi connectivity index (χ1) is 10.5. The number of carbonyl (C=O) groups excluding carboxylic acids is 1. The van der Waals surface area contributed by atoms with E-state index in [1.807, 2.05) is 19.1 Å². The molecule has 2 aliphatic rings. The number of nitrogens with zero attached hydrogens (tertiary/aromatic N) is 1. The van der Waals surface area contributed by atoms with Gasteiger partial charge in [0.1, 0.15) is 0 Å². The zero-order valence-corrected chi connectivity index (χ0v) is 13.6. The molecule has 1 saturated heterocycles. The highest BCUT2D eigenvalue weighted by molar-refractivity contribution is 7.89. The van der Waals surface area contributed by atoms with Crippen molar-refractivity contribution in [3.05, 3.63) is 29.8 Å². The molecule has 5 nitrogen and oxygen atoms in total. The summed E-state index contributed by atoms with van der Waals surface area (Å²) in [6.07, 6.45) is 3.35. The maximum absolute atomic E-state index is 12.7. The fraction of sp³-hybridized carbons (Fsp3) is 0.562. The summed E-state index contributed by atoms with van der Waals surface area (Å²) in [5.74, 6) is 0.0411. The second kappa shape index (κ2) is 6.01. The molecule has 120 valence electrons. The Morgan fingerprint density at radius 3 is 2.36 bits per heavy atom. The van der Waals surface area contributed by atoms with Crippen LogP contribution in [0, 0.1) is 12.8 Å². The summed E-state index contributed by atoms with van der Waals surface area (Å²) in [7, 11) is -3.45. The number of benzene rings is 1. The summed E-state index contributed by atoms with van der Waals surface area (Å²) in [6.45, 7) is 2.64. The van der Waals surface area contributed by atoms with E-state index >= 15 is 0 Å². The average Bonchev–Trinajstić information content (AvgIpc) is 3.31. The van der Waals surface area contributed by atoms with Gasteiger partial charge in [0.15, 0.2) is 0 Å².